The molecule has 0 spiro atoms. The predicted molar refractivity (Wildman–Crippen MR) is 111 cm³/mol. The molecule has 1 amide bonds. The number of carbonyl (C=O) groups excluding carboxylic acids is 1. The zero-order valence-electron chi connectivity index (χ0n) is 17.1. The lowest BCUT2D eigenvalue weighted by molar-refractivity contribution is -0.120. The molecule has 0 aliphatic rings. The van der Waals surface area contributed by atoms with Crippen molar-refractivity contribution in [3.8, 4) is 17.2 Å². The molecule has 8 nitrogen and oxygen atoms in total. The van der Waals surface area contributed by atoms with Gasteiger partial charge in [0.15, 0.2) is 11.5 Å². The Bertz CT molecular complexity index is 944. The van der Waals surface area contributed by atoms with E-state index >= 15 is 0 Å². The van der Waals surface area contributed by atoms with Crippen LogP contribution in [0.1, 0.15) is 18.5 Å². The molecule has 0 aliphatic carbocycles. The lowest BCUT2D eigenvalue weighted by Gasteiger charge is -2.23. The minimum absolute atomic E-state index is 0.344. The molecule has 0 fully saturated rings. The van der Waals surface area contributed by atoms with E-state index in [1.165, 1.54) is 14.2 Å². The van der Waals surface area contributed by atoms with Gasteiger partial charge in [-0.15, -0.1) is 0 Å². The van der Waals surface area contributed by atoms with Crippen LogP contribution in [0, 0.1) is 0 Å². The standard InChI is InChI=1S/C20H26N2O6S/c1-14(15-6-11-18(27-3)19(12-15)28-4)21-20(23)13-22(29(5,24)25)16-7-9-17(26-2)10-8-16/h6-12,14H,13H2,1-5H3,(H,21,23)/t14-/m0/s1. The topological polar surface area (TPSA) is 94.2 Å². The van der Waals surface area contributed by atoms with Crippen LogP contribution in [-0.4, -0.2) is 48.5 Å². The molecular formula is C20H26N2O6S. The largest absolute Gasteiger partial charge is 0.497 e. The second-order valence-corrected chi connectivity index (χ2v) is 8.28. The van der Waals surface area contributed by atoms with Gasteiger partial charge in [-0.2, -0.15) is 0 Å². The summed E-state index contributed by atoms with van der Waals surface area (Å²) in [5.74, 6) is 1.28. The maximum absolute atomic E-state index is 12.6. The molecule has 9 heteroatoms. The Morgan fingerprint density at radius 1 is 1.00 bits per heavy atom. The van der Waals surface area contributed by atoms with Gasteiger partial charge in [0.2, 0.25) is 15.9 Å². The van der Waals surface area contributed by atoms with Crippen molar-refractivity contribution in [2.75, 3.05) is 38.4 Å². The smallest absolute Gasteiger partial charge is 0.241 e. The highest BCUT2D eigenvalue weighted by Gasteiger charge is 2.22. The van der Waals surface area contributed by atoms with Crippen molar-refractivity contribution in [1.82, 2.24) is 5.32 Å². The van der Waals surface area contributed by atoms with Crippen LogP contribution < -0.4 is 23.8 Å². The fraction of sp³-hybridized carbons (Fsp3) is 0.350. The molecule has 2 aromatic carbocycles. The lowest BCUT2D eigenvalue weighted by atomic mass is 10.1. The third-order valence-electron chi connectivity index (χ3n) is 4.33. The van der Waals surface area contributed by atoms with Gasteiger partial charge in [0.25, 0.3) is 0 Å². The monoisotopic (exact) mass is 422 g/mol. The Kier molecular flexibility index (Phi) is 7.33. The fourth-order valence-electron chi connectivity index (χ4n) is 2.77. The second kappa shape index (κ2) is 9.51. The van der Waals surface area contributed by atoms with Crippen molar-refractivity contribution >= 4 is 21.6 Å². The minimum atomic E-state index is -3.66. The first-order valence-corrected chi connectivity index (χ1v) is 10.7. The van der Waals surface area contributed by atoms with Crippen molar-refractivity contribution in [1.29, 1.82) is 0 Å². The third-order valence-corrected chi connectivity index (χ3v) is 5.47. The summed E-state index contributed by atoms with van der Waals surface area (Å²) in [5.41, 5.74) is 1.17. The summed E-state index contributed by atoms with van der Waals surface area (Å²) in [5, 5.41) is 2.81. The van der Waals surface area contributed by atoms with E-state index in [1.54, 1.807) is 50.4 Å². The molecule has 0 bridgehead atoms. The number of nitrogens with one attached hydrogen (secondary N) is 1. The fourth-order valence-corrected chi connectivity index (χ4v) is 3.63. The quantitative estimate of drug-likeness (QED) is 0.667. The molecule has 0 aromatic heterocycles. The van der Waals surface area contributed by atoms with Crippen LogP contribution in [0.15, 0.2) is 42.5 Å². The summed E-state index contributed by atoms with van der Waals surface area (Å²) in [6, 6.07) is 11.4. The maximum atomic E-state index is 12.6. The summed E-state index contributed by atoms with van der Waals surface area (Å²) in [7, 11) is 0.937. The number of sulfonamides is 1. The number of anilines is 1. The summed E-state index contributed by atoms with van der Waals surface area (Å²) in [4.78, 5) is 12.6. The first-order valence-electron chi connectivity index (χ1n) is 8.82. The van der Waals surface area contributed by atoms with Crippen LogP contribution in [0.5, 0.6) is 17.2 Å². The van der Waals surface area contributed by atoms with E-state index in [0.717, 1.165) is 16.1 Å². The third kappa shape index (κ3) is 5.77. The molecule has 0 aliphatic heterocycles. The molecule has 158 valence electrons. The van der Waals surface area contributed by atoms with Gasteiger partial charge in [-0.05, 0) is 48.9 Å². The Morgan fingerprint density at radius 2 is 1.62 bits per heavy atom. The Morgan fingerprint density at radius 3 is 2.14 bits per heavy atom. The van der Waals surface area contributed by atoms with E-state index in [1.807, 2.05) is 6.07 Å². The maximum Gasteiger partial charge on any atom is 0.241 e. The summed E-state index contributed by atoms with van der Waals surface area (Å²) in [6.07, 6.45) is 1.06. The van der Waals surface area contributed by atoms with Gasteiger partial charge in [0.05, 0.1) is 39.3 Å². The van der Waals surface area contributed by atoms with Crippen LogP contribution >= 0.6 is 0 Å². The molecule has 2 aromatic rings. The van der Waals surface area contributed by atoms with Crippen LogP contribution in [0.25, 0.3) is 0 Å². The molecule has 0 saturated carbocycles. The van der Waals surface area contributed by atoms with Crippen molar-refractivity contribution in [3.05, 3.63) is 48.0 Å². The zero-order chi connectivity index (χ0) is 21.6. The SMILES string of the molecule is COc1ccc(N(CC(=O)N[C@@H](C)c2ccc(OC)c(OC)c2)S(C)(=O)=O)cc1. The van der Waals surface area contributed by atoms with E-state index in [4.69, 9.17) is 14.2 Å². The molecule has 1 atom stereocenters. The van der Waals surface area contributed by atoms with E-state index in [9.17, 15) is 13.2 Å². The molecule has 2 rings (SSSR count). The highest BCUT2D eigenvalue weighted by atomic mass is 32.2. The lowest BCUT2D eigenvalue weighted by Crippen LogP contribution is -2.41. The molecular weight excluding hydrogens is 396 g/mol. The van der Waals surface area contributed by atoms with Crippen LogP contribution in [-0.2, 0) is 14.8 Å². The van der Waals surface area contributed by atoms with E-state index in [2.05, 4.69) is 5.32 Å². The number of rotatable bonds is 9. The molecule has 0 saturated heterocycles. The van der Waals surface area contributed by atoms with Crippen molar-refractivity contribution < 1.29 is 27.4 Å². The van der Waals surface area contributed by atoms with Crippen molar-refractivity contribution in [2.24, 2.45) is 0 Å². The van der Waals surface area contributed by atoms with E-state index in [0.29, 0.717) is 22.9 Å². The molecule has 29 heavy (non-hydrogen) atoms. The van der Waals surface area contributed by atoms with E-state index < -0.39 is 15.9 Å². The predicted octanol–water partition coefficient (Wildman–Crippen LogP) is 2.36. The van der Waals surface area contributed by atoms with Gasteiger partial charge < -0.3 is 19.5 Å². The van der Waals surface area contributed by atoms with Crippen molar-refractivity contribution in [3.63, 3.8) is 0 Å². The number of benzene rings is 2. The van der Waals surface area contributed by atoms with Gasteiger partial charge in [-0.1, -0.05) is 6.07 Å². The van der Waals surface area contributed by atoms with E-state index in [-0.39, 0.29) is 12.6 Å². The Balaban J connectivity index is 2.15. The van der Waals surface area contributed by atoms with Gasteiger partial charge in [0.1, 0.15) is 12.3 Å². The Labute approximate surface area is 171 Å². The average Bonchev–Trinajstić information content (AvgIpc) is 2.70. The summed E-state index contributed by atoms with van der Waals surface area (Å²) in [6.45, 7) is 1.46. The summed E-state index contributed by atoms with van der Waals surface area (Å²) < 4.78 is 41.1. The molecule has 0 heterocycles. The first-order chi connectivity index (χ1) is 13.7. The highest BCUT2D eigenvalue weighted by molar-refractivity contribution is 7.92. The first kappa shape index (κ1) is 22.4. The second-order valence-electron chi connectivity index (χ2n) is 6.37. The summed E-state index contributed by atoms with van der Waals surface area (Å²) >= 11 is 0. The highest BCUT2D eigenvalue weighted by Crippen LogP contribution is 2.30. The number of amides is 1. The van der Waals surface area contributed by atoms with Gasteiger partial charge in [-0.3, -0.25) is 9.10 Å². The zero-order valence-corrected chi connectivity index (χ0v) is 17.9. The normalized spacial score (nSPS) is 12.0. The van der Waals surface area contributed by atoms with Crippen molar-refractivity contribution in [2.45, 2.75) is 13.0 Å². The number of carbonyl (C=O) groups is 1. The minimum Gasteiger partial charge on any atom is -0.497 e. The van der Waals surface area contributed by atoms with Gasteiger partial charge in [0, 0.05) is 0 Å². The number of methoxy groups -OCH3 is 3. The van der Waals surface area contributed by atoms with Crippen LogP contribution in [0.2, 0.25) is 0 Å². The van der Waals surface area contributed by atoms with Crippen LogP contribution in [0.3, 0.4) is 0 Å². The number of nitrogens with zero attached hydrogens (tertiary/aromatic N) is 1. The van der Waals surface area contributed by atoms with Gasteiger partial charge in [-0.25, -0.2) is 8.42 Å². The number of hydrogen-bond donors (Lipinski definition) is 1. The Hall–Kier alpha value is -2.94. The number of hydrogen-bond acceptors (Lipinski definition) is 6. The molecule has 0 unspecified atom stereocenters. The average molecular weight is 423 g/mol. The molecule has 0 radical (unpaired) electrons. The number of ether oxygens (including phenoxy) is 3. The van der Waals surface area contributed by atoms with Gasteiger partial charge >= 0.3 is 0 Å². The molecule has 1 N–H and O–H groups in total. The van der Waals surface area contributed by atoms with Crippen LogP contribution in [0.4, 0.5) is 5.69 Å².